The van der Waals surface area contributed by atoms with Crippen molar-refractivity contribution in [1.29, 1.82) is 0 Å². The molecule has 1 amide bonds. The van der Waals surface area contributed by atoms with Crippen LogP contribution in [0.5, 0.6) is 0 Å². The first-order chi connectivity index (χ1) is 13.7. The molecule has 2 aromatic heterocycles. The molecule has 1 fully saturated rings. The number of halogens is 1. The van der Waals surface area contributed by atoms with Crippen molar-refractivity contribution >= 4 is 34.7 Å². The van der Waals surface area contributed by atoms with Crippen molar-refractivity contribution in [3.05, 3.63) is 64.3 Å². The van der Waals surface area contributed by atoms with Crippen LogP contribution in [0.3, 0.4) is 0 Å². The largest absolute Gasteiger partial charge is 0.357 e. The van der Waals surface area contributed by atoms with E-state index in [0.29, 0.717) is 17.3 Å². The number of hydrogen-bond acceptors (Lipinski definition) is 5. The summed E-state index contributed by atoms with van der Waals surface area (Å²) in [6, 6.07) is 11.5. The zero-order valence-electron chi connectivity index (χ0n) is 15.4. The summed E-state index contributed by atoms with van der Waals surface area (Å²) < 4.78 is 0. The van der Waals surface area contributed by atoms with Crippen molar-refractivity contribution in [1.82, 2.24) is 15.3 Å². The number of thiazole rings is 1. The molecule has 3 heterocycles. The molecule has 144 valence electrons. The fourth-order valence-corrected chi connectivity index (χ4v) is 4.22. The van der Waals surface area contributed by atoms with Crippen LogP contribution in [0.2, 0.25) is 5.02 Å². The summed E-state index contributed by atoms with van der Waals surface area (Å²) in [7, 11) is 0. The van der Waals surface area contributed by atoms with Gasteiger partial charge >= 0.3 is 0 Å². The topological polar surface area (TPSA) is 58.1 Å². The lowest BCUT2D eigenvalue weighted by Gasteiger charge is -2.27. The number of nitrogens with one attached hydrogen (secondary N) is 1. The van der Waals surface area contributed by atoms with Gasteiger partial charge in [-0.25, -0.2) is 9.97 Å². The highest BCUT2D eigenvalue weighted by atomic mass is 35.5. The van der Waals surface area contributed by atoms with Gasteiger partial charge in [-0.1, -0.05) is 29.8 Å². The summed E-state index contributed by atoms with van der Waals surface area (Å²) in [5, 5.41) is 6.11. The molecule has 1 N–H and O–H groups in total. The standard InChI is InChI=1S/C21H21ClN4OS/c22-17-6-4-5-16(11-17)21-25-18(14-28-21)20(27)24-13-15-7-8-19(23-12-15)26-9-2-1-3-10-26/h4-8,11-12,14H,1-3,9-10,13H2,(H,24,27). The first-order valence-electron chi connectivity index (χ1n) is 9.38. The molecule has 5 nitrogen and oxygen atoms in total. The zero-order chi connectivity index (χ0) is 19.3. The fourth-order valence-electron chi connectivity index (χ4n) is 3.24. The number of piperidine rings is 1. The van der Waals surface area contributed by atoms with Crippen LogP contribution >= 0.6 is 22.9 Å². The van der Waals surface area contributed by atoms with Crippen molar-refractivity contribution in [2.45, 2.75) is 25.8 Å². The molecule has 1 aliphatic heterocycles. The molecule has 4 rings (SSSR count). The number of pyridine rings is 1. The molecule has 1 aliphatic rings. The number of hydrogen-bond donors (Lipinski definition) is 1. The lowest BCUT2D eigenvalue weighted by molar-refractivity contribution is 0.0946. The highest BCUT2D eigenvalue weighted by molar-refractivity contribution is 7.13. The second-order valence-corrected chi connectivity index (χ2v) is 8.10. The van der Waals surface area contributed by atoms with Gasteiger partial charge < -0.3 is 10.2 Å². The molecule has 1 aromatic carbocycles. The van der Waals surface area contributed by atoms with Gasteiger partial charge in [-0.05, 0) is 43.0 Å². The maximum absolute atomic E-state index is 12.4. The monoisotopic (exact) mass is 412 g/mol. The number of carbonyl (C=O) groups excluding carboxylic acids is 1. The normalized spacial score (nSPS) is 14.1. The third-order valence-corrected chi connectivity index (χ3v) is 5.88. The quantitative estimate of drug-likeness (QED) is 0.655. The number of nitrogens with zero attached hydrogens (tertiary/aromatic N) is 3. The molecule has 0 atom stereocenters. The van der Waals surface area contributed by atoms with Gasteiger partial charge in [0.05, 0.1) is 0 Å². The first-order valence-corrected chi connectivity index (χ1v) is 10.6. The van der Waals surface area contributed by atoms with Crippen LogP contribution in [0.15, 0.2) is 48.0 Å². The van der Waals surface area contributed by atoms with Gasteiger partial charge in [0.1, 0.15) is 16.5 Å². The Morgan fingerprint density at radius 2 is 2.04 bits per heavy atom. The Morgan fingerprint density at radius 1 is 1.18 bits per heavy atom. The molecule has 28 heavy (non-hydrogen) atoms. The molecular formula is C21H21ClN4OS. The molecule has 1 saturated heterocycles. The summed E-state index contributed by atoms with van der Waals surface area (Å²) in [6.45, 7) is 2.57. The van der Waals surface area contributed by atoms with Gasteiger partial charge in [-0.2, -0.15) is 0 Å². The molecule has 0 unspecified atom stereocenters. The van der Waals surface area contributed by atoms with Crippen LogP contribution in [0, 0.1) is 0 Å². The summed E-state index contributed by atoms with van der Waals surface area (Å²) in [6.07, 6.45) is 5.59. The summed E-state index contributed by atoms with van der Waals surface area (Å²) in [5.74, 6) is 0.824. The van der Waals surface area contributed by atoms with Crippen LogP contribution in [0.4, 0.5) is 5.82 Å². The molecule has 0 spiro atoms. The smallest absolute Gasteiger partial charge is 0.271 e. The summed E-state index contributed by atoms with van der Waals surface area (Å²) >= 11 is 7.46. The Balaban J connectivity index is 1.35. The number of carbonyl (C=O) groups is 1. The minimum atomic E-state index is -0.190. The van der Waals surface area contributed by atoms with Crippen LogP contribution in [0.1, 0.15) is 35.3 Å². The summed E-state index contributed by atoms with van der Waals surface area (Å²) in [4.78, 5) is 23.7. The Labute approximate surface area is 173 Å². The number of rotatable bonds is 5. The molecule has 0 radical (unpaired) electrons. The third-order valence-electron chi connectivity index (χ3n) is 4.75. The number of amides is 1. The fraction of sp³-hybridized carbons (Fsp3) is 0.286. The predicted molar refractivity (Wildman–Crippen MR) is 114 cm³/mol. The van der Waals surface area contributed by atoms with Gasteiger partial charge in [0, 0.05) is 41.8 Å². The second-order valence-electron chi connectivity index (χ2n) is 6.80. The van der Waals surface area contributed by atoms with Crippen LogP contribution in [0.25, 0.3) is 10.6 Å². The van der Waals surface area contributed by atoms with Crippen LogP contribution in [-0.2, 0) is 6.54 Å². The van der Waals surface area contributed by atoms with E-state index in [0.717, 1.165) is 35.0 Å². The molecule has 0 saturated carbocycles. The van der Waals surface area contributed by atoms with E-state index >= 15 is 0 Å². The lowest BCUT2D eigenvalue weighted by Crippen LogP contribution is -2.30. The number of benzene rings is 1. The molecule has 0 aliphatic carbocycles. The predicted octanol–water partition coefficient (Wildman–Crippen LogP) is 4.78. The molecule has 0 bridgehead atoms. The van der Waals surface area contributed by atoms with Crippen molar-refractivity contribution in [2.24, 2.45) is 0 Å². The Kier molecular flexibility index (Phi) is 5.88. The van der Waals surface area contributed by atoms with Crippen LogP contribution in [-0.4, -0.2) is 29.0 Å². The maximum Gasteiger partial charge on any atom is 0.271 e. The van der Waals surface area contributed by atoms with E-state index in [9.17, 15) is 4.79 Å². The highest BCUT2D eigenvalue weighted by Crippen LogP contribution is 2.26. The average Bonchev–Trinajstić information content (AvgIpc) is 3.24. The van der Waals surface area contributed by atoms with E-state index in [4.69, 9.17) is 11.6 Å². The van der Waals surface area contributed by atoms with Crippen molar-refractivity contribution < 1.29 is 4.79 Å². The van der Waals surface area contributed by atoms with Gasteiger partial charge in [-0.15, -0.1) is 11.3 Å². The number of anilines is 1. The van der Waals surface area contributed by atoms with Gasteiger partial charge in [0.25, 0.3) is 5.91 Å². The maximum atomic E-state index is 12.4. The van der Waals surface area contributed by atoms with E-state index < -0.39 is 0 Å². The number of aromatic nitrogens is 2. The first kappa shape index (κ1) is 18.9. The van der Waals surface area contributed by atoms with E-state index in [-0.39, 0.29) is 5.91 Å². The van der Waals surface area contributed by atoms with Crippen molar-refractivity contribution in [2.75, 3.05) is 18.0 Å². The third kappa shape index (κ3) is 4.51. The lowest BCUT2D eigenvalue weighted by atomic mass is 10.1. The van der Waals surface area contributed by atoms with Crippen molar-refractivity contribution in [3.63, 3.8) is 0 Å². The van der Waals surface area contributed by atoms with Gasteiger partial charge in [-0.3, -0.25) is 4.79 Å². The Morgan fingerprint density at radius 3 is 2.79 bits per heavy atom. The Hall–Kier alpha value is -2.44. The molecule has 7 heteroatoms. The van der Waals surface area contributed by atoms with Crippen LogP contribution < -0.4 is 10.2 Å². The molecular weight excluding hydrogens is 392 g/mol. The Bertz CT molecular complexity index is 951. The zero-order valence-corrected chi connectivity index (χ0v) is 17.0. The van der Waals surface area contributed by atoms with E-state index in [2.05, 4.69) is 20.2 Å². The van der Waals surface area contributed by atoms with Crippen molar-refractivity contribution in [3.8, 4) is 10.6 Å². The van der Waals surface area contributed by atoms with Gasteiger partial charge in [0.2, 0.25) is 0 Å². The second kappa shape index (κ2) is 8.71. The van der Waals surface area contributed by atoms with E-state index in [1.807, 2.05) is 42.6 Å². The van der Waals surface area contributed by atoms with E-state index in [1.165, 1.54) is 30.6 Å². The highest BCUT2D eigenvalue weighted by Gasteiger charge is 2.13. The minimum Gasteiger partial charge on any atom is -0.357 e. The summed E-state index contributed by atoms with van der Waals surface area (Å²) in [5.41, 5.74) is 2.30. The SMILES string of the molecule is O=C(NCc1ccc(N2CCCCC2)nc1)c1csc(-c2cccc(Cl)c2)n1. The van der Waals surface area contributed by atoms with Gasteiger partial charge in [0.15, 0.2) is 0 Å². The molecule has 3 aromatic rings. The average molecular weight is 413 g/mol. The minimum absolute atomic E-state index is 0.190. The van der Waals surface area contributed by atoms with E-state index in [1.54, 1.807) is 5.38 Å².